The normalized spacial score (nSPS) is 11.8. The van der Waals surface area contributed by atoms with E-state index in [0.29, 0.717) is 13.2 Å². The maximum absolute atomic E-state index is 8.49. The Morgan fingerprint density at radius 2 is 1.47 bits per heavy atom. The van der Waals surface area contributed by atoms with Gasteiger partial charge in [-0.2, -0.15) is 0 Å². The van der Waals surface area contributed by atoms with Crippen LogP contribution in [0.1, 0.15) is 0 Å². The third-order valence-electron chi connectivity index (χ3n) is 3.97. The van der Waals surface area contributed by atoms with Crippen LogP contribution >= 0.6 is 0 Å². The van der Waals surface area contributed by atoms with Gasteiger partial charge in [-0.25, -0.2) is 23.6 Å². The van der Waals surface area contributed by atoms with E-state index in [2.05, 4.69) is 4.99 Å². The zero-order valence-corrected chi connectivity index (χ0v) is 17.4. The second-order valence-corrected chi connectivity index (χ2v) is 6.67. The van der Waals surface area contributed by atoms with Gasteiger partial charge >= 0.3 is 0 Å². The summed E-state index contributed by atoms with van der Waals surface area (Å²) in [6.07, 6.45) is 0. The molecule has 162 valence electrons. The molecule has 0 saturated carbocycles. The van der Waals surface area contributed by atoms with Crippen molar-refractivity contribution in [1.29, 1.82) is 0 Å². The molecule has 0 unspecified atom stereocenters. The van der Waals surface area contributed by atoms with Crippen LogP contribution in [-0.2, 0) is 4.74 Å². The quantitative estimate of drug-likeness (QED) is 0.399. The van der Waals surface area contributed by atoms with Gasteiger partial charge in [0.1, 0.15) is 29.4 Å². The fourth-order valence-electron chi connectivity index (χ4n) is 2.62. The Hall–Kier alpha value is -2.66. The molecule has 2 aromatic carbocycles. The van der Waals surface area contributed by atoms with E-state index >= 15 is 0 Å². The minimum Gasteiger partial charge on any atom is -0.497 e. The van der Waals surface area contributed by atoms with E-state index in [0.717, 1.165) is 39.1 Å². The molecule has 1 heterocycles. The van der Waals surface area contributed by atoms with Crippen molar-refractivity contribution in [3.05, 3.63) is 53.9 Å². The van der Waals surface area contributed by atoms with E-state index in [9.17, 15) is 0 Å². The second kappa shape index (κ2) is 10.9. The summed E-state index contributed by atoms with van der Waals surface area (Å²) < 4.78 is 55.8. The molecule has 1 N–H and O–H groups in total. The summed E-state index contributed by atoms with van der Waals surface area (Å²) in [6.45, 7) is 1.32. The highest BCUT2D eigenvalue weighted by atomic mass is 35.7. The van der Waals surface area contributed by atoms with Crippen molar-refractivity contribution in [2.45, 2.75) is 0 Å². The van der Waals surface area contributed by atoms with Crippen LogP contribution in [0.15, 0.2) is 52.9 Å². The van der Waals surface area contributed by atoms with E-state index in [1.807, 2.05) is 48.5 Å². The highest BCUT2D eigenvalue weighted by Crippen LogP contribution is 2.25. The molecule has 30 heavy (non-hydrogen) atoms. The van der Waals surface area contributed by atoms with Gasteiger partial charge in [-0.05, 0) is 42.5 Å². The topological polar surface area (TPSA) is 147 Å². The van der Waals surface area contributed by atoms with Gasteiger partial charge in [0.25, 0.3) is 0 Å². The van der Waals surface area contributed by atoms with Crippen LogP contribution in [0.5, 0.6) is 11.5 Å². The number of methoxy groups -OCH3 is 3. The summed E-state index contributed by atoms with van der Waals surface area (Å²) >= 11 is 0. The van der Waals surface area contributed by atoms with Crippen molar-refractivity contribution >= 4 is 11.0 Å². The zero-order valence-electron chi connectivity index (χ0n) is 16.7. The predicted octanol–water partition coefficient (Wildman–Crippen LogP) is -3.01. The minimum absolute atomic E-state index is 0.620. The molecule has 3 aromatic rings. The molecule has 3 rings (SSSR count). The van der Waals surface area contributed by atoms with E-state index < -0.39 is 10.2 Å². The fourth-order valence-corrected chi connectivity index (χ4v) is 2.62. The second-order valence-electron chi connectivity index (χ2n) is 5.91. The molecule has 0 aliphatic rings. The minimum atomic E-state index is -4.94. The average molecular weight is 440 g/mol. The molecular formula is C20H22ClNO8. The lowest BCUT2D eigenvalue weighted by atomic mass is 10.1. The van der Waals surface area contributed by atoms with Gasteiger partial charge in [-0.1, -0.05) is 0 Å². The number of fused-ring (bicyclic) bond motifs is 1. The summed E-state index contributed by atoms with van der Waals surface area (Å²) in [5, 5.41) is 1.94. The monoisotopic (exact) mass is 439 g/mol. The van der Waals surface area contributed by atoms with Gasteiger partial charge in [0.2, 0.25) is 5.36 Å². The first-order valence-corrected chi connectivity index (χ1v) is 9.92. The van der Waals surface area contributed by atoms with Gasteiger partial charge < -0.3 is 18.6 Å². The molecule has 0 radical (unpaired) electrons. The number of halogens is 1. The largest absolute Gasteiger partial charge is 0.497 e. The summed E-state index contributed by atoms with van der Waals surface area (Å²) in [4.78, 5) is 3.41. The van der Waals surface area contributed by atoms with Crippen LogP contribution in [-0.4, -0.2) is 34.5 Å². The third-order valence-corrected chi connectivity index (χ3v) is 3.97. The van der Waals surface area contributed by atoms with Crippen LogP contribution in [0.3, 0.4) is 0 Å². The predicted molar refractivity (Wildman–Crippen MR) is 95.6 cm³/mol. The zero-order chi connectivity index (χ0) is 22.1. The number of rotatable bonds is 6. The molecule has 0 amide bonds. The Balaban J connectivity index is 0.000000575. The van der Waals surface area contributed by atoms with Gasteiger partial charge in [0, 0.05) is 12.7 Å². The maximum atomic E-state index is 8.49. The molecule has 1 aromatic heterocycles. The van der Waals surface area contributed by atoms with Crippen molar-refractivity contribution in [1.82, 2.24) is 0 Å². The fraction of sp³-hybridized carbons (Fsp3) is 0.250. The first-order valence-electron chi connectivity index (χ1n) is 8.69. The summed E-state index contributed by atoms with van der Waals surface area (Å²) in [5.74, 6) is 2.38. The first-order chi connectivity index (χ1) is 14.2. The lowest BCUT2D eigenvalue weighted by Crippen LogP contribution is -2.77. The Kier molecular flexibility index (Phi) is 8.60. The molecule has 0 fully saturated rings. The summed E-state index contributed by atoms with van der Waals surface area (Å²) in [5.41, 5.74) is 1.77. The van der Waals surface area contributed by atoms with Crippen molar-refractivity contribution < 1.29 is 52.5 Å². The van der Waals surface area contributed by atoms with Crippen LogP contribution in [0, 0.1) is 10.2 Å². The molecule has 0 atom stereocenters. The van der Waals surface area contributed by atoms with Gasteiger partial charge in [0.05, 0.1) is 25.7 Å². The molecule has 0 aliphatic heterocycles. The lowest BCUT2D eigenvalue weighted by Gasteiger charge is -2.17. The molecule has 0 aliphatic carbocycles. The standard InChI is InChI=1S/C20H21NO4.ClHO4/c1-22-11-10-21-18-13-20(14-4-6-15(23-2)7-5-14)25-19-9-8-16(24-3)12-17(18)19;2-1(3,4)5/h4-9,12-13H,10-11H2,1-3H3;(H,2,3,4,5). The SMILES string of the molecule is COCC[NH+]=c1cc(-c2ccc(OC)cc2)oc2ccc(OC)cc12.[O-][Cl+3]([O-])([O-])[O-]. The van der Waals surface area contributed by atoms with Crippen molar-refractivity contribution in [2.75, 3.05) is 34.5 Å². The van der Waals surface area contributed by atoms with Gasteiger partial charge in [0.15, 0.2) is 6.54 Å². The first kappa shape index (κ1) is 23.6. The lowest BCUT2D eigenvalue weighted by molar-refractivity contribution is -2.00. The Morgan fingerprint density at radius 3 is 2.03 bits per heavy atom. The van der Waals surface area contributed by atoms with Gasteiger partial charge in [-0.3, -0.25) is 0 Å². The summed E-state index contributed by atoms with van der Waals surface area (Å²) in [6, 6.07) is 15.6. The van der Waals surface area contributed by atoms with Crippen LogP contribution < -0.4 is 38.5 Å². The molecule has 9 nitrogen and oxygen atoms in total. The molecule has 10 heteroatoms. The number of ether oxygens (including phenoxy) is 3. The molecule has 0 saturated heterocycles. The number of hydrogen-bond acceptors (Lipinski definition) is 8. The highest BCUT2D eigenvalue weighted by Gasteiger charge is 2.10. The maximum Gasteiger partial charge on any atom is 0.213 e. The third kappa shape index (κ3) is 7.30. The Morgan fingerprint density at radius 1 is 0.867 bits per heavy atom. The van der Waals surface area contributed by atoms with E-state index in [1.165, 1.54) is 0 Å². The van der Waals surface area contributed by atoms with Gasteiger partial charge in [-0.15, -0.1) is 10.2 Å². The molecule has 0 bridgehead atoms. The van der Waals surface area contributed by atoms with Crippen molar-refractivity contribution in [3.63, 3.8) is 0 Å². The molecule has 0 spiro atoms. The highest BCUT2D eigenvalue weighted by molar-refractivity contribution is 5.79. The van der Waals surface area contributed by atoms with Crippen molar-refractivity contribution in [3.8, 4) is 22.8 Å². The Bertz CT molecular complexity index is 1010. The van der Waals surface area contributed by atoms with Crippen molar-refractivity contribution in [2.24, 2.45) is 0 Å². The van der Waals surface area contributed by atoms with E-state index in [4.69, 9.17) is 37.3 Å². The number of benzene rings is 2. The smallest absolute Gasteiger partial charge is 0.213 e. The van der Waals surface area contributed by atoms with E-state index in [1.54, 1.807) is 21.3 Å². The molecular weight excluding hydrogens is 418 g/mol. The average Bonchev–Trinajstić information content (AvgIpc) is 2.72. The van der Waals surface area contributed by atoms with Crippen LogP contribution in [0.2, 0.25) is 0 Å². The number of hydrogen-bond donors (Lipinski definition) is 1. The van der Waals surface area contributed by atoms with Crippen LogP contribution in [0.25, 0.3) is 22.3 Å². The number of nitrogens with one attached hydrogen (secondary N) is 1. The Labute approximate surface area is 175 Å². The van der Waals surface area contributed by atoms with E-state index in [-0.39, 0.29) is 0 Å². The van der Waals surface area contributed by atoms with Crippen LogP contribution in [0.4, 0.5) is 0 Å². The summed E-state index contributed by atoms with van der Waals surface area (Å²) in [7, 11) is 0.0502.